The van der Waals surface area contributed by atoms with Crippen molar-refractivity contribution in [3.8, 4) is 46.3 Å². The minimum Gasteiger partial charge on any atom is -0.504 e. The van der Waals surface area contributed by atoms with Gasteiger partial charge in [0.2, 0.25) is 6.79 Å². The van der Waals surface area contributed by atoms with Crippen molar-refractivity contribution in [2.75, 3.05) is 39.9 Å². The summed E-state index contributed by atoms with van der Waals surface area (Å²) in [4.78, 5) is 29.7. The molecule has 282 valence electrons. The summed E-state index contributed by atoms with van der Waals surface area (Å²) < 4.78 is 35.9. The molecule has 0 amide bonds. The lowest BCUT2D eigenvalue weighted by atomic mass is 9.72. The molecule has 7 atom stereocenters. The zero-order valence-corrected chi connectivity index (χ0v) is 31.2. The number of ether oxygens (including phenoxy) is 6. The first-order chi connectivity index (χ1) is 26.0. The lowest BCUT2D eigenvalue weighted by molar-refractivity contribution is -0.155. The Morgan fingerprint density at radius 1 is 1.06 bits per heavy atom. The fourth-order valence-corrected chi connectivity index (χ4v) is 11.5. The molecular weight excluding hydrogens is 717 g/mol. The standard InChI is InChI=1S/C39H40N4O10S/c1-16-8-20-9-22-23(12-40)43-24-13-50-38(47)39(21-11-26(48-4)25(45)10-19(21)6-7-41-39)14-54-37(31(43)30(42-22)27(20)32(46)33(16)49-5)29-28(24)36-35(51-15-52-36)17(2)34(29)53-18(3)44/h8,10-11,22-24,30-31,37,41-42,45-46H,6-7,9,13-15H2,1-5H3/t22?,23-,24+,30+,31?,37+,39+/m0/s1. The number of fused-ring (bicyclic) bond motifs is 9. The molecule has 10 rings (SSSR count). The topological polar surface area (TPSA) is 181 Å². The number of carbonyl (C=O) groups is 2. The maximum absolute atomic E-state index is 14.7. The molecule has 1 spiro atoms. The molecule has 54 heavy (non-hydrogen) atoms. The number of carbonyl (C=O) groups excluding carboxylic acids is 2. The van der Waals surface area contributed by atoms with Gasteiger partial charge in [0, 0.05) is 53.6 Å². The minimum absolute atomic E-state index is 0.0248. The van der Waals surface area contributed by atoms with E-state index >= 15 is 0 Å². The highest BCUT2D eigenvalue weighted by atomic mass is 32.2. The van der Waals surface area contributed by atoms with Gasteiger partial charge in [-0.3, -0.25) is 15.0 Å². The summed E-state index contributed by atoms with van der Waals surface area (Å²) in [6, 6.07) is 5.06. The quantitative estimate of drug-likeness (QED) is 0.225. The Morgan fingerprint density at radius 3 is 2.59 bits per heavy atom. The van der Waals surface area contributed by atoms with E-state index in [2.05, 4.69) is 21.6 Å². The number of phenols is 2. The van der Waals surface area contributed by atoms with Gasteiger partial charge in [-0.25, -0.2) is 4.79 Å². The Balaban J connectivity index is 1.32. The fraction of sp³-hybridized carbons (Fsp3) is 0.462. The number of rotatable bonds is 3. The van der Waals surface area contributed by atoms with E-state index in [1.54, 1.807) is 12.1 Å². The third-order valence-electron chi connectivity index (χ3n) is 11.9. The van der Waals surface area contributed by atoms with Crippen molar-refractivity contribution >= 4 is 23.7 Å². The second-order valence-corrected chi connectivity index (χ2v) is 15.8. The van der Waals surface area contributed by atoms with Gasteiger partial charge in [0.05, 0.1) is 37.6 Å². The van der Waals surface area contributed by atoms with E-state index in [0.717, 1.165) is 16.7 Å². The number of hydrogen-bond acceptors (Lipinski definition) is 15. The Bertz CT molecular complexity index is 2190. The number of benzene rings is 3. The molecule has 4 bridgehead atoms. The van der Waals surface area contributed by atoms with Crippen molar-refractivity contribution in [3.63, 3.8) is 0 Å². The summed E-state index contributed by atoms with van der Waals surface area (Å²) in [5, 5.41) is 40.3. The van der Waals surface area contributed by atoms with Gasteiger partial charge in [-0.1, -0.05) is 6.07 Å². The van der Waals surface area contributed by atoms with Crippen LogP contribution in [0.15, 0.2) is 18.2 Å². The fourth-order valence-electron chi connectivity index (χ4n) is 9.79. The number of nitriles is 1. The average molecular weight is 757 g/mol. The molecule has 2 saturated heterocycles. The van der Waals surface area contributed by atoms with E-state index in [1.807, 2.05) is 19.9 Å². The van der Waals surface area contributed by atoms with Crippen molar-refractivity contribution in [1.29, 1.82) is 5.26 Å². The van der Waals surface area contributed by atoms with Crippen molar-refractivity contribution < 1.29 is 48.2 Å². The highest BCUT2D eigenvalue weighted by Crippen LogP contribution is 2.63. The molecule has 0 saturated carbocycles. The summed E-state index contributed by atoms with van der Waals surface area (Å²) >= 11 is 1.46. The highest BCUT2D eigenvalue weighted by Gasteiger charge is 2.60. The lowest BCUT2D eigenvalue weighted by Gasteiger charge is -2.59. The molecule has 3 aromatic carbocycles. The number of thioether (sulfide) groups is 1. The first-order valence-electron chi connectivity index (χ1n) is 17.9. The Morgan fingerprint density at radius 2 is 1.85 bits per heavy atom. The molecule has 14 nitrogen and oxygen atoms in total. The van der Waals surface area contributed by atoms with Crippen LogP contribution >= 0.6 is 11.8 Å². The number of phenolic OH excluding ortho intramolecular Hbond substituents is 2. The molecular formula is C39H40N4O10S. The number of hydrogen-bond donors (Lipinski definition) is 4. The van der Waals surface area contributed by atoms with Gasteiger partial charge in [0.25, 0.3) is 0 Å². The number of piperazine rings is 1. The second-order valence-electron chi connectivity index (χ2n) is 14.7. The van der Waals surface area contributed by atoms with Gasteiger partial charge >= 0.3 is 11.9 Å². The van der Waals surface area contributed by atoms with E-state index in [0.29, 0.717) is 70.2 Å². The molecule has 2 fully saturated rings. The largest absolute Gasteiger partial charge is 0.504 e. The molecule has 15 heteroatoms. The van der Waals surface area contributed by atoms with Crippen LogP contribution in [0.3, 0.4) is 0 Å². The number of aryl methyl sites for hydroxylation is 1. The van der Waals surface area contributed by atoms with Gasteiger partial charge in [-0.05, 0) is 61.1 Å². The first kappa shape index (κ1) is 34.9. The zero-order valence-electron chi connectivity index (χ0n) is 30.4. The average Bonchev–Trinajstić information content (AvgIpc) is 3.64. The van der Waals surface area contributed by atoms with E-state index in [4.69, 9.17) is 28.4 Å². The summed E-state index contributed by atoms with van der Waals surface area (Å²) in [5.74, 6) is 0.913. The molecule has 7 heterocycles. The second kappa shape index (κ2) is 12.6. The van der Waals surface area contributed by atoms with Gasteiger partial charge in [0.15, 0.2) is 40.0 Å². The van der Waals surface area contributed by atoms with E-state index < -0.39 is 46.9 Å². The monoisotopic (exact) mass is 756 g/mol. The van der Waals surface area contributed by atoms with Crippen molar-refractivity contribution in [3.05, 3.63) is 62.7 Å². The van der Waals surface area contributed by atoms with Crippen molar-refractivity contribution in [2.24, 2.45) is 0 Å². The van der Waals surface area contributed by atoms with Crippen LogP contribution in [0.4, 0.5) is 0 Å². The molecule has 0 aromatic heterocycles. The SMILES string of the molecule is COc1cc2c(cc1O)CCN[C@]21CS[C@@H]2c3c(OC(C)=O)c(C)c4c(c3[C@@H](COC1=O)N1C2[C@@H]2NC(Cc3cc(C)c(OC)c(O)c32)[C@@H]1C#N)OCO4. The molecule has 4 N–H and O–H groups in total. The third-order valence-corrected chi connectivity index (χ3v) is 13.4. The van der Waals surface area contributed by atoms with Crippen LogP contribution in [0.2, 0.25) is 0 Å². The van der Waals surface area contributed by atoms with Crippen LogP contribution < -0.4 is 34.3 Å². The van der Waals surface area contributed by atoms with Crippen molar-refractivity contribution in [2.45, 2.75) is 74.6 Å². The predicted octanol–water partition coefficient (Wildman–Crippen LogP) is 3.64. The smallest absolute Gasteiger partial charge is 0.331 e. The maximum atomic E-state index is 14.7. The summed E-state index contributed by atoms with van der Waals surface area (Å²) in [6.07, 6.45) is 1.03. The highest BCUT2D eigenvalue weighted by molar-refractivity contribution is 7.99. The van der Waals surface area contributed by atoms with Crippen LogP contribution in [0, 0.1) is 25.2 Å². The van der Waals surface area contributed by atoms with Crippen LogP contribution in [-0.4, -0.2) is 85.1 Å². The molecule has 0 aliphatic carbocycles. The Kier molecular flexibility index (Phi) is 8.13. The predicted molar refractivity (Wildman–Crippen MR) is 193 cm³/mol. The van der Waals surface area contributed by atoms with Gasteiger partial charge in [0.1, 0.15) is 18.4 Å². The minimum atomic E-state index is -1.36. The molecule has 2 unspecified atom stereocenters. The summed E-state index contributed by atoms with van der Waals surface area (Å²) in [6.45, 7) is 5.25. The van der Waals surface area contributed by atoms with E-state index in [1.165, 1.54) is 32.9 Å². The number of esters is 2. The summed E-state index contributed by atoms with van der Waals surface area (Å²) in [7, 11) is 2.99. The number of aromatic hydroxyl groups is 2. The van der Waals surface area contributed by atoms with E-state index in [-0.39, 0.29) is 42.4 Å². The Labute approximate surface area is 315 Å². The summed E-state index contributed by atoms with van der Waals surface area (Å²) in [5.41, 5.74) is 4.33. The number of methoxy groups -OCH3 is 2. The van der Waals surface area contributed by atoms with Gasteiger partial charge in [-0.2, -0.15) is 5.26 Å². The van der Waals surface area contributed by atoms with Crippen LogP contribution in [0.1, 0.15) is 68.8 Å². The molecule has 3 aromatic rings. The van der Waals surface area contributed by atoms with Gasteiger partial charge < -0.3 is 44.0 Å². The Hall–Kier alpha value is -4.88. The molecule has 7 aliphatic heterocycles. The van der Waals surface area contributed by atoms with E-state index in [9.17, 15) is 25.1 Å². The zero-order chi connectivity index (χ0) is 37.8. The number of nitrogens with zero attached hydrogens (tertiary/aromatic N) is 2. The molecule has 7 aliphatic rings. The molecule has 0 radical (unpaired) electrons. The van der Waals surface area contributed by atoms with Crippen LogP contribution in [-0.2, 0) is 32.7 Å². The van der Waals surface area contributed by atoms with Gasteiger partial charge in [-0.15, -0.1) is 11.8 Å². The van der Waals surface area contributed by atoms with Crippen LogP contribution in [0.25, 0.3) is 0 Å². The third kappa shape index (κ3) is 4.76. The number of nitrogens with one attached hydrogen (secondary N) is 2. The first-order valence-corrected chi connectivity index (χ1v) is 19.0. The van der Waals surface area contributed by atoms with Crippen LogP contribution in [0.5, 0.6) is 40.2 Å². The maximum Gasteiger partial charge on any atom is 0.331 e. The lowest BCUT2D eigenvalue weighted by Crippen LogP contribution is -2.69. The van der Waals surface area contributed by atoms with Crippen molar-refractivity contribution in [1.82, 2.24) is 15.5 Å². The normalized spacial score (nSPS) is 28.9.